The maximum absolute atomic E-state index is 13.5. The average molecular weight is 426 g/mol. The van der Waals surface area contributed by atoms with Gasteiger partial charge in [-0.15, -0.1) is 0 Å². The highest BCUT2D eigenvalue weighted by Gasteiger charge is 2.45. The number of carbonyl (C=O) groups is 2. The van der Waals surface area contributed by atoms with E-state index in [1.807, 2.05) is 25.9 Å². The van der Waals surface area contributed by atoms with Crippen molar-refractivity contribution >= 4 is 17.4 Å². The lowest BCUT2D eigenvalue weighted by Crippen LogP contribution is -2.32. The van der Waals surface area contributed by atoms with Gasteiger partial charge in [-0.05, 0) is 75.4 Å². The Morgan fingerprint density at radius 3 is 2.42 bits per heavy atom. The van der Waals surface area contributed by atoms with Crippen LogP contribution in [-0.4, -0.2) is 60.9 Å². The molecule has 1 atom stereocenters. The molecule has 1 N–H and O–H groups in total. The van der Waals surface area contributed by atoms with Crippen LogP contribution in [0.3, 0.4) is 0 Å². The minimum Gasteiger partial charge on any atom is -0.507 e. The van der Waals surface area contributed by atoms with Gasteiger partial charge in [-0.2, -0.15) is 0 Å². The van der Waals surface area contributed by atoms with Crippen molar-refractivity contribution in [2.75, 3.05) is 34.3 Å². The number of aryl methyl sites for hydroxylation is 1. The van der Waals surface area contributed by atoms with Gasteiger partial charge in [0.25, 0.3) is 11.7 Å². The number of carbonyl (C=O) groups excluding carboxylic acids is 2. The molecule has 7 heteroatoms. The third-order valence-electron chi connectivity index (χ3n) is 5.40. The Kier molecular flexibility index (Phi) is 6.75. The van der Waals surface area contributed by atoms with Crippen LogP contribution in [0, 0.1) is 12.7 Å². The van der Waals surface area contributed by atoms with Crippen molar-refractivity contribution < 1.29 is 23.8 Å². The lowest BCUT2D eigenvalue weighted by Gasteiger charge is -2.26. The minimum atomic E-state index is -0.787. The van der Waals surface area contributed by atoms with Crippen LogP contribution in [-0.2, 0) is 9.59 Å². The third-order valence-corrected chi connectivity index (χ3v) is 5.40. The molecule has 1 aliphatic heterocycles. The fourth-order valence-corrected chi connectivity index (χ4v) is 3.84. The maximum Gasteiger partial charge on any atom is 0.295 e. The number of Topliss-reactive ketones (excluding diaryl/α,β-unsaturated/α-hetero) is 1. The van der Waals surface area contributed by atoms with E-state index in [4.69, 9.17) is 4.74 Å². The number of amides is 1. The number of methoxy groups -OCH3 is 1. The second-order valence-electron chi connectivity index (χ2n) is 7.89. The average Bonchev–Trinajstić information content (AvgIpc) is 2.98. The summed E-state index contributed by atoms with van der Waals surface area (Å²) in [6.07, 6.45) is 0.652. The second-order valence-corrected chi connectivity index (χ2v) is 7.89. The van der Waals surface area contributed by atoms with E-state index in [-0.39, 0.29) is 11.3 Å². The number of halogens is 1. The van der Waals surface area contributed by atoms with E-state index in [0.29, 0.717) is 29.8 Å². The molecule has 0 radical (unpaired) electrons. The van der Waals surface area contributed by atoms with Crippen LogP contribution in [0.5, 0.6) is 5.75 Å². The van der Waals surface area contributed by atoms with Gasteiger partial charge < -0.3 is 19.6 Å². The van der Waals surface area contributed by atoms with Gasteiger partial charge >= 0.3 is 0 Å². The van der Waals surface area contributed by atoms with Gasteiger partial charge in [0.2, 0.25) is 0 Å². The standard InChI is InChI=1S/C24H27FN2O4/c1-15-14-17(8-11-19(15)31-4)22(28)20-21(16-6-9-18(25)10-7-16)27(24(30)23(20)29)13-5-12-26(2)3/h6-11,14,21,28H,5,12-13H2,1-4H3/t21-/m0/s1. The van der Waals surface area contributed by atoms with E-state index in [1.165, 1.54) is 29.2 Å². The van der Waals surface area contributed by atoms with Gasteiger partial charge in [0, 0.05) is 12.1 Å². The summed E-state index contributed by atoms with van der Waals surface area (Å²) in [5.41, 5.74) is 1.77. The van der Waals surface area contributed by atoms with Crippen LogP contribution < -0.4 is 4.74 Å². The first kappa shape index (κ1) is 22.5. The van der Waals surface area contributed by atoms with E-state index in [1.54, 1.807) is 25.3 Å². The normalized spacial score (nSPS) is 18.1. The zero-order valence-corrected chi connectivity index (χ0v) is 18.2. The molecule has 1 amide bonds. The van der Waals surface area contributed by atoms with Crippen LogP contribution in [0.15, 0.2) is 48.0 Å². The summed E-state index contributed by atoms with van der Waals surface area (Å²) in [6, 6.07) is 9.90. The van der Waals surface area contributed by atoms with Crippen molar-refractivity contribution in [3.63, 3.8) is 0 Å². The molecule has 0 spiro atoms. The van der Waals surface area contributed by atoms with Crippen LogP contribution in [0.4, 0.5) is 4.39 Å². The molecular weight excluding hydrogens is 399 g/mol. The highest BCUT2D eigenvalue weighted by molar-refractivity contribution is 6.46. The first-order valence-electron chi connectivity index (χ1n) is 10.1. The molecule has 1 aliphatic rings. The molecule has 31 heavy (non-hydrogen) atoms. The van der Waals surface area contributed by atoms with Crippen LogP contribution >= 0.6 is 0 Å². The van der Waals surface area contributed by atoms with Crippen molar-refractivity contribution in [1.82, 2.24) is 9.80 Å². The van der Waals surface area contributed by atoms with Crippen molar-refractivity contribution in [3.05, 3.63) is 70.5 Å². The molecule has 0 aromatic heterocycles. The number of nitrogens with zero attached hydrogens (tertiary/aromatic N) is 2. The fraction of sp³-hybridized carbons (Fsp3) is 0.333. The number of ether oxygens (including phenoxy) is 1. The molecule has 164 valence electrons. The molecule has 3 rings (SSSR count). The quantitative estimate of drug-likeness (QED) is 0.417. The third kappa shape index (κ3) is 4.61. The highest BCUT2D eigenvalue weighted by atomic mass is 19.1. The van der Waals surface area contributed by atoms with E-state index < -0.39 is 23.5 Å². The Balaban J connectivity index is 2.10. The largest absolute Gasteiger partial charge is 0.507 e. The van der Waals surface area contributed by atoms with E-state index >= 15 is 0 Å². The maximum atomic E-state index is 13.5. The van der Waals surface area contributed by atoms with Gasteiger partial charge in [-0.3, -0.25) is 9.59 Å². The predicted octanol–water partition coefficient (Wildman–Crippen LogP) is 3.52. The Hall–Kier alpha value is -3.19. The first-order valence-corrected chi connectivity index (χ1v) is 10.1. The lowest BCUT2D eigenvalue weighted by molar-refractivity contribution is -0.139. The summed E-state index contributed by atoms with van der Waals surface area (Å²) >= 11 is 0. The molecule has 0 aliphatic carbocycles. The molecule has 0 unspecified atom stereocenters. The minimum absolute atomic E-state index is 0.00558. The molecule has 1 saturated heterocycles. The molecule has 0 saturated carbocycles. The molecule has 1 heterocycles. The summed E-state index contributed by atoms with van der Waals surface area (Å²) < 4.78 is 18.8. The Morgan fingerprint density at radius 1 is 1.16 bits per heavy atom. The number of ketones is 1. The Morgan fingerprint density at radius 2 is 1.84 bits per heavy atom. The van der Waals surface area contributed by atoms with Crippen LogP contribution in [0.1, 0.15) is 29.2 Å². The Labute approximate surface area is 181 Å². The summed E-state index contributed by atoms with van der Waals surface area (Å²) in [4.78, 5) is 29.3. The SMILES string of the molecule is COc1ccc(C(O)=C2C(=O)C(=O)N(CCCN(C)C)[C@H]2c2ccc(F)cc2)cc1C. The van der Waals surface area contributed by atoms with E-state index in [2.05, 4.69) is 0 Å². The van der Waals surface area contributed by atoms with Gasteiger partial charge in [0.15, 0.2) is 0 Å². The predicted molar refractivity (Wildman–Crippen MR) is 116 cm³/mol. The number of aliphatic hydroxyl groups excluding tert-OH is 1. The van der Waals surface area contributed by atoms with E-state index in [9.17, 15) is 19.1 Å². The van der Waals surface area contributed by atoms with E-state index in [0.717, 1.165) is 12.1 Å². The second kappa shape index (κ2) is 9.31. The first-order chi connectivity index (χ1) is 14.7. The molecule has 6 nitrogen and oxygen atoms in total. The lowest BCUT2D eigenvalue weighted by atomic mass is 9.94. The van der Waals surface area contributed by atoms with Crippen molar-refractivity contribution in [1.29, 1.82) is 0 Å². The summed E-state index contributed by atoms with van der Waals surface area (Å²) in [5.74, 6) is -1.44. The Bertz CT molecular complexity index is 1010. The number of hydrogen-bond donors (Lipinski definition) is 1. The van der Waals surface area contributed by atoms with Gasteiger partial charge in [-0.1, -0.05) is 12.1 Å². The van der Waals surface area contributed by atoms with Crippen molar-refractivity contribution in [2.45, 2.75) is 19.4 Å². The zero-order valence-electron chi connectivity index (χ0n) is 18.2. The molecule has 2 aromatic rings. The molecule has 0 bridgehead atoms. The van der Waals surface area contributed by atoms with Gasteiger partial charge in [0.1, 0.15) is 17.3 Å². The number of aliphatic hydroxyl groups is 1. The summed E-state index contributed by atoms with van der Waals surface area (Å²) in [5, 5.41) is 11.1. The topological polar surface area (TPSA) is 70.1 Å². The monoisotopic (exact) mass is 426 g/mol. The molecular formula is C24H27FN2O4. The zero-order chi connectivity index (χ0) is 22.7. The van der Waals surface area contributed by atoms with Crippen molar-refractivity contribution in [2.24, 2.45) is 0 Å². The summed E-state index contributed by atoms with van der Waals surface area (Å²) in [7, 11) is 5.41. The number of benzene rings is 2. The number of hydrogen-bond acceptors (Lipinski definition) is 5. The van der Waals surface area contributed by atoms with Gasteiger partial charge in [-0.25, -0.2) is 4.39 Å². The smallest absolute Gasteiger partial charge is 0.295 e. The number of likely N-dealkylation sites (tertiary alicyclic amines) is 1. The van der Waals surface area contributed by atoms with Crippen LogP contribution in [0.25, 0.3) is 5.76 Å². The number of rotatable bonds is 7. The molecule has 2 aromatic carbocycles. The molecule has 1 fully saturated rings. The fourth-order valence-electron chi connectivity index (χ4n) is 3.84. The highest BCUT2D eigenvalue weighted by Crippen LogP contribution is 2.40. The van der Waals surface area contributed by atoms with Crippen LogP contribution in [0.2, 0.25) is 0 Å². The van der Waals surface area contributed by atoms with Crippen molar-refractivity contribution in [3.8, 4) is 5.75 Å². The summed E-state index contributed by atoms with van der Waals surface area (Å²) in [6.45, 7) is 2.90. The van der Waals surface area contributed by atoms with Gasteiger partial charge in [0.05, 0.1) is 18.7 Å².